The molecule has 7 nitrogen and oxygen atoms in total. The van der Waals surface area contributed by atoms with Gasteiger partial charge in [-0.2, -0.15) is 4.98 Å². The highest BCUT2D eigenvalue weighted by atomic mass is 32.1. The molecule has 0 saturated carbocycles. The monoisotopic (exact) mass is 472 g/mol. The molecule has 2 aromatic carbocycles. The largest absolute Gasteiger partial charge is 0.494 e. The summed E-state index contributed by atoms with van der Waals surface area (Å²) in [5, 5.41) is 9.32. The average Bonchev–Trinajstić information content (AvgIpc) is 3.55. The number of aromatic nitrogens is 2. The van der Waals surface area contributed by atoms with Gasteiger partial charge >= 0.3 is 6.03 Å². The highest BCUT2D eigenvalue weighted by molar-refractivity contribution is 7.13. The zero-order valence-corrected chi connectivity index (χ0v) is 19.7. The van der Waals surface area contributed by atoms with Gasteiger partial charge < -0.3 is 14.6 Å². The van der Waals surface area contributed by atoms with Crippen LogP contribution >= 0.6 is 11.3 Å². The lowest BCUT2D eigenvalue weighted by Crippen LogP contribution is -2.45. The first-order valence-corrected chi connectivity index (χ1v) is 12.0. The number of benzene rings is 2. The van der Waals surface area contributed by atoms with E-state index < -0.39 is 6.04 Å². The van der Waals surface area contributed by atoms with Gasteiger partial charge in [0.2, 0.25) is 5.82 Å². The Balaban J connectivity index is 1.57. The average molecular weight is 473 g/mol. The molecule has 8 heteroatoms. The molecule has 1 N–H and O–H groups in total. The van der Waals surface area contributed by atoms with Crippen LogP contribution in [0.4, 0.5) is 4.79 Å². The predicted molar refractivity (Wildman–Crippen MR) is 131 cm³/mol. The Bertz CT molecular complexity index is 1300. The number of allylic oxidation sites excluding steroid dienone is 1. The molecule has 1 unspecified atom stereocenters. The van der Waals surface area contributed by atoms with Crippen molar-refractivity contribution >= 4 is 22.9 Å². The molecule has 34 heavy (non-hydrogen) atoms. The zero-order chi connectivity index (χ0) is 23.5. The highest BCUT2D eigenvalue weighted by Crippen LogP contribution is 2.38. The topological polar surface area (TPSA) is 80.5 Å². The van der Waals surface area contributed by atoms with Gasteiger partial charge in [0.15, 0.2) is 0 Å². The van der Waals surface area contributed by atoms with Gasteiger partial charge in [-0.15, -0.1) is 11.3 Å². The lowest BCUT2D eigenvalue weighted by Gasteiger charge is -2.35. The first-order valence-electron chi connectivity index (χ1n) is 11.1. The molecule has 0 spiro atoms. The highest BCUT2D eigenvalue weighted by Gasteiger charge is 2.35. The zero-order valence-electron chi connectivity index (χ0n) is 18.9. The van der Waals surface area contributed by atoms with Crippen LogP contribution in [0.15, 0.2) is 82.3 Å². The van der Waals surface area contributed by atoms with E-state index in [-0.39, 0.29) is 6.03 Å². The molecule has 0 saturated heterocycles. The van der Waals surface area contributed by atoms with Gasteiger partial charge in [0.25, 0.3) is 5.89 Å². The molecule has 0 bridgehead atoms. The van der Waals surface area contributed by atoms with E-state index in [0.29, 0.717) is 24.9 Å². The first-order chi connectivity index (χ1) is 16.6. The van der Waals surface area contributed by atoms with Gasteiger partial charge in [-0.25, -0.2) is 4.79 Å². The maximum Gasteiger partial charge on any atom is 0.322 e. The molecular formula is C26H24N4O3S. The minimum Gasteiger partial charge on any atom is -0.494 e. The molecule has 5 rings (SSSR count). The van der Waals surface area contributed by atoms with Crippen molar-refractivity contribution in [3.05, 3.63) is 94.8 Å². The summed E-state index contributed by atoms with van der Waals surface area (Å²) in [6.07, 6.45) is 0. The van der Waals surface area contributed by atoms with Crippen LogP contribution in [0.25, 0.3) is 16.3 Å². The van der Waals surface area contributed by atoms with Crippen LogP contribution in [-0.2, 0) is 6.54 Å². The van der Waals surface area contributed by atoms with E-state index in [1.54, 1.807) is 16.2 Å². The summed E-state index contributed by atoms with van der Waals surface area (Å²) >= 11 is 1.55. The third-order valence-electron chi connectivity index (χ3n) is 5.70. The SMILES string of the molecule is CCOc1ccc(C2NC(=O)N(Cc3ccccc3)C(C)=C2c2nc(-c3cccs3)no2)cc1. The Labute approximate surface area is 201 Å². The minimum atomic E-state index is -0.438. The number of hydrogen-bond acceptors (Lipinski definition) is 6. The second-order valence-corrected chi connectivity index (χ2v) is 8.80. The predicted octanol–water partition coefficient (Wildman–Crippen LogP) is 5.89. The summed E-state index contributed by atoms with van der Waals surface area (Å²) in [4.78, 5) is 20.5. The third-order valence-corrected chi connectivity index (χ3v) is 6.57. The fourth-order valence-electron chi connectivity index (χ4n) is 4.03. The van der Waals surface area contributed by atoms with Gasteiger partial charge in [0.1, 0.15) is 5.75 Å². The molecule has 0 aliphatic carbocycles. The number of rotatable bonds is 7. The van der Waals surface area contributed by atoms with Crippen LogP contribution in [0, 0.1) is 0 Å². The van der Waals surface area contributed by atoms with Crippen LogP contribution in [0.5, 0.6) is 5.75 Å². The van der Waals surface area contributed by atoms with Crippen molar-refractivity contribution in [1.82, 2.24) is 20.4 Å². The van der Waals surface area contributed by atoms with E-state index in [0.717, 1.165) is 33.0 Å². The number of nitrogens with one attached hydrogen (secondary N) is 1. The second-order valence-electron chi connectivity index (χ2n) is 7.86. The number of nitrogens with zero attached hydrogens (tertiary/aromatic N) is 3. The van der Waals surface area contributed by atoms with Crippen LogP contribution < -0.4 is 10.1 Å². The summed E-state index contributed by atoms with van der Waals surface area (Å²) in [6, 6.07) is 20.9. The van der Waals surface area contributed by atoms with E-state index >= 15 is 0 Å². The number of carbonyl (C=O) groups excluding carboxylic acids is 1. The molecule has 0 radical (unpaired) electrons. The van der Waals surface area contributed by atoms with Crippen LogP contribution in [0.3, 0.4) is 0 Å². The van der Waals surface area contributed by atoms with Gasteiger partial charge in [0.05, 0.1) is 29.6 Å². The molecule has 1 aliphatic heterocycles. The quantitative estimate of drug-likeness (QED) is 0.362. The van der Waals surface area contributed by atoms with Crippen molar-refractivity contribution in [3.8, 4) is 16.5 Å². The number of carbonyl (C=O) groups is 1. The molecule has 172 valence electrons. The van der Waals surface area contributed by atoms with Crippen molar-refractivity contribution in [2.24, 2.45) is 0 Å². The normalized spacial score (nSPS) is 16.0. The van der Waals surface area contributed by atoms with Crippen LogP contribution in [-0.4, -0.2) is 27.7 Å². The fraction of sp³-hybridized carbons (Fsp3) is 0.192. The number of hydrogen-bond donors (Lipinski definition) is 1. The maximum absolute atomic E-state index is 13.2. The van der Waals surface area contributed by atoms with E-state index in [1.807, 2.05) is 86.0 Å². The molecule has 2 amide bonds. The third kappa shape index (κ3) is 4.32. The van der Waals surface area contributed by atoms with Gasteiger partial charge in [-0.3, -0.25) is 4.90 Å². The van der Waals surface area contributed by atoms with Crippen molar-refractivity contribution in [2.75, 3.05) is 6.61 Å². The van der Waals surface area contributed by atoms with Gasteiger partial charge in [-0.05, 0) is 48.6 Å². The van der Waals surface area contributed by atoms with Crippen molar-refractivity contribution < 1.29 is 14.1 Å². The number of amides is 2. The minimum absolute atomic E-state index is 0.179. The Kier molecular flexibility index (Phi) is 6.14. The molecular weight excluding hydrogens is 448 g/mol. The van der Waals surface area contributed by atoms with E-state index in [2.05, 4.69) is 15.5 Å². The molecule has 1 aliphatic rings. The molecule has 1 atom stereocenters. The summed E-state index contributed by atoms with van der Waals surface area (Å²) < 4.78 is 11.3. The molecule has 0 fully saturated rings. The number of ether oxygens (including phenoxy) is 1. The Morgan fingerprint density at radius 3 is 2.59 bits per heavy atom. The summed E-state index contributed by atoms with van der Waals surface area (Å²) in [7, 11) is 0. The Hall–Kier alpha value is -3.91. The lowest BCUT2D eigenvalue weighted by molar-refractivity contribution is 0.203. The summed E-state index contributed by atoms with van der Waals surface area (Å²) in [5.41, 5.74) is 3.48. The Morgan fingerprint density at radius 1 is 1.09 bits per heavy atom. The number of urea groups is 1. The van der Waals surface area contributed by atoms with Crippen molar-refractivity contribution in [3.63, 3.8) is 0 Å². The van der Waals surface area contributed by atoms with Crippen LogP contribution in [0.1, 0.15) is 36.9 Å². The van der Waals surface area contributed by atoms with Crippen molar-refractivity contribution in [2.45, 2.75) is 26.4 Å². The first kappa shape index (κ1) is 21.9. The van der Waals surface area contributed by atoms with E-state index in [4.69, 9.17) is 9.26 Å². The van der Waals surface area contributed by atoms with Gasteiger partial charge in [-0.1, -0.05) is 53.7 Å². The van der Waals surface area contributed by atoms with E-state index in [9.17, 15) is 4.79 Å². The Morgan fingerprint density at radius 2 is 1.88 bits per heavy atom. The second kappa shape index (κ2) is 9.52. The van der Waals surface area contributed by atoms with Crippen molar-refractivity contribution in [1.29, 1.82) is 0 Å². The smallest absolute Gasteiger partial charge is 0.322 e. The summed E-state index contributed by atoms with van der Waals surface area (Å²) in [5.74, 6) is 1.69. The van der Waals surface area contributed by atoms with E-state index in [1.165, 1.54) is 0 Å². The maximum atomic E-state index is 13.2. The molecule has 3 heterocycles. The fourth-order valence-corrected chi connectivity index (χ4v) is 4.68. The number of thiophene rings is 1. The van der Waals surface area contributed by atoms with Gasteiger partial charge in [0, 0.05) is 5.70 Å². The lowest BCUT2D eigenvalue weighted by atomic mass is 9.94. The van der Waals surface area contributed by atoms with Crippen LogP contribution in [0.2, 0.25) is 0 Å². The molecule has 4 aromatic rings. The summed E-state index contributed by atoms with van der Waals surface area (Å²) in [6.45, 7) is 4.89. The standard InChI is InChI=1S/C26H24N4O3S/c1-3-32-20-13-11-19(12-14-20)23-22(25-28-24(29-33-25)21-10-7-15-34-21)17(2)30(26(31)27-23)16-18-8-5-4-6-9-18/h4-15,23H,3,16H2,1-2H3,(H,27,31). The molecule has 2 aromatic heterocycles.